The van der Waals surface area contributed by atoms with Crippen LogP contribution < -0.4 is 10.6 Å². The van der Waals surface area contributed by atoms with Crippen LogP contribution in [0.4, 0.5) is 5.69 Å². The molecule has 0 radical (unpaired) electrons. The van der Waals surface area contributed by atoms with Gasteiger partial charge >= 0.3 is 5.97 Å². The van der Waals surface area contributed by atoms with Gasteiger partial charge in [-0.3, -0.25) is 14.4 Å². The molecule has 0 aliphatic carbocycles. The molecular weight excluding hydrogens is 406 g/mol. The molecule has 0 unspecified atom stereocenters. The molecule has 1 heterocycles. The van der Waals surface area contributed by atoms with Gasteiger partial charge in [0.05, 0.1) is 12.5 Å². The molecule has 1 aliphatic rings. The van der Waals surface area contributed by atoms with Crippen molar-refractivity contribution in [1.29, 1.82) is 0 Å². The van der Waals surface area contributed by atoms with E-state index in [2.05, 4.69) is 10.6 Å². The first-order valence-corrected chi connectivity index (χ1v) is 11.1. The smallest absolute Gasteiger partial charge is 0.307 e. The largest absolute Gasteiger partial charge is 0.481 e. The van der Waals surface area contributed by atoms with Crippen molar-refractivity contribution in [3.8, 4) is 0 Å². The zero-order valence-electron chi connectivity index (χ0n) is 20.2. The Kier molecular flexibility index (Phi) is 8.10. The molecular formula is C25H37N3O4. The minimum absolute atomic E-state index is 0.0708. The van der Waals surface area contributed by atoms with Crippen LogP contribution in [0.5, 0.6) is 0 Å². The van der Waals surface area contributed by atoms with Crippen molar-refractivity contribution in [3.63, 3.8) is 0 Å². The Morgan fingerprint density at radius 2 is 1.88 bits per heavy atom. The monoisotopic (exact) mass is 443 g/mol. The maximum atomic E-state index is 13.6. The Labute approximate surface area is 191 Å². The van der Waals surface area contributed by atoms with E-state index < -0.39 is 23.5 Å². The zero-order chi connectivity index (χ0) is 24.2. The van der Waals surface area contributed by atoms with Gasteiger partial charge < -0.3 is 20.6 Å². The average molecular weight is 444 g/mol. The number of rotatable bonds is 8. The van der Waals surface area contributed by atoms with Gasteiger partial charge in [-0.25, -0.2) is 0 Å². The number of hydrogen-bond acceptors (Lipinski definition) is 4. The number of hydrogen-bond donors (Lipinski definition) is 3. The summed E-state index contributed by atoms with van der Waals surface area (Å²) in [6, 6.07) is 6.39. The summed E-state index contributed by atoms with van der Waals surface area (Å²) in [5.41, 5.74) is 2.22. The van der Waals surface area contributed by atoms with Gasteiger partial charge in [-0.1, -0.05) is 64.5 Å². The first-order valence-electron chi connectivity index (χ1n) is 11.1. The summed E-state index contributed by atoms with van der Waals surface area (Å²) in [5.74, 6) is -1.23. The van der Waals surface area contributed by atoms with E-state index in [-0.39, 0.29) is 30.2 Å². The number of carboxylic acid groups (broad SMARTS) is 1. The number of likely N-dealkylation sites (N-methyl/N-ethyl adjacent to an activating group) is 1. The standard InChI is InChI=1S/C25H37N3O4/c1-15(2)20(12-16(3)13-21(29)30)28(7)24(32)22(25(4,5)6)27-23(31)19-14-17-10-8-9-11-18(17)26-19/h8-12,15,19-20,22,26H,13-14H2,1-7H3,(H,27,31)(H,29,30)/b16-12+/t19-,20+,22+/m0/s1. The third-order valence-electron chi connectivity index (χ3n) is 5.85. The summed E-state index contributed by atoms with van der Waals surface area (Å²) >= 11 is 0. The molecule has 0 spiro atoms. The summed E-state index contributed by atoms with van der Waals surface area (Å²) in [5, 5.41) is 15.3. The van der Waals surface area contributed by atoms with Gasteiger partial charge in [0.2, 0.25) is 11.8 Å². The summed E-state index contributed by atoms with van der Waals surface area (Å²) in [6.45, 7) is 11.5. The van der Waals surface area contributed by atoms with E-state index in [0.717, 1.165) is 11.3 Å². The van der Waals surface area contributed by atoms with Gasteiger partial charge in [-0.05, 0) is 29.9 Å². The average Bonchev–Trinajstić information content (AvgIpc) is 3.11. The van der Waals surface area contributed by atoms with Crippen molar-refractivity contribution in [3.05, 3.63) is 41.5 Å². The summed E-state index contributed by atoms with van der Waals surface area (Å²) in [7, 11) is 1.71. The van der Waals surface area contributed by atoms with Crippen molar-refractivity contribution >= 4 is 23.5 Å². The maximum absolute atomic E-state index is 13.6. The second kappa shape index (κ2) is 10.2. The lowest BCUT2D eigenvalue weighted by atomic mass is 9.84. The molecule has 2 amide bonds. The van der Waals surface area contributed by atoms with E-state index in [1.807, 2.05) is 65.0 Å². The van der Waals surface area contributed by atoms with Crippen LogP contribution in [0.1, 0.15) is 53.5 Å². The van der Waals surface area contributed by atoms with Gasteiger partial charge in [-0.2, -0.15) is 0 Å². The van der Waals surface area contributed by atoms with E-state index in [4.69, 9.17) is 5.11 Å². The Morgan fingerprint density at radius 1 is 1.25 bits per heavy atom. The molecule has 3 atom stereocenters. The van der Waals surface area contributed by atoms with Crippen LogP contribution in [0, 0.1) is 11.3 Å². The van der Waals surface area contributed by atoms with Gasteiger partial charge in [0.25, 0.3) is 0 Å². The Morgan fingerprint density at radius 3 is 2.41 bits per heavy atom. The Balaban J connectivity index is 2.19. The van der Waals surface area contributed by atoms with Gasteiger partial charge in [0, 0.05) is 19.2 Å². The van der Waals surface area contributed by atoms with Crippen LogP contribution in [0.25, 0.3) is 0 Å². The number of aliphatic carboxylic acids is 1. The van der Waals surface area contributed by atoms with E-state index in [0.29, 0.717) is 12.0 Å². The van der Waals surface area contributed by atoms with Crippen molar-refractivity contribution in [2.75, 3.05) is 12.4 Å². The first kappa shape index (κ1) is 25.4. The highest BCUT2D eigenvalue weighted by Gasteiger charge is 2.38. The number of nitrogens with zero attached hydrogens (tertiary/aromatic N) is 1. The van der Waals surface area contributed by atoms with Crippen molar-refractivity contribution in [2.45, 2.75) is 72.5 Å². The van der Waals surface area contributed by atoms with Crippen LogP contribution in [-0.2, 0) is 20.8 Å². The molecule has 7 heteroatoms. The van der Waals surface area contributed by atoms with E-state index in [1.165, 1.54) is 0 Å². The lowest BCUT2D eigenvalue weighted by Gasteiger charge is -2.38. The third kappa shape index (κ3) is 6.34. The van der Waals surface area contributed by atoms with E-state index in [1.54, 1.807) is 18.9 Å². The molecule has 0 bridgehead atoms. The molecule has 0 aromatic heterocycles. The predicted octanol–water partition coefficient (Wildman–Crippen LogP) is 3.46. The molecule has 0 saturated heterocycles. The number of amides is 2. The number of carbonyl (C=O) groups is 3. The van der Waals surface area contributed by atoms with Crippen LogP contribution in [0.3, 0.4) is 0 Å². The number of nitrogens with one attached hydrogen (secondary N) is 2. The summed E-state index contributed by atoms with van der Waals surface area (Å²) in [6.07, 6.45) is 2.35. The molecule has 176 valence electrons. The second-order valence-corrected chi connectivity index (χ2v) is 10.1. The highest BCUT2D eigenvalue weighted by Crippen LogP contribution is 2.27. The normalized spacial score (nSPS) is 17.9. The van der Waals surface area contributed by atoms with Crippen molar-refractivity contribution in [1.82, 2.24) is 10.2 Å². The molecule has 7 nitrogen and oxygen atoms in total. The lowest BCUT2D eigenvalue weighted by Crippen LogP contribution is -2.58. The number of para-hydroxylation sites is 1. The minimum Gasteiger partial charge on any atom is -0.481 e. The fourth-order valence-electron chi connectivity index (χ4n) is 4.04. The summed E-state index contributed by atoms with van der Waals surface area (Å²) in [4.78, 5) is 39.3. The molecule has 0 saturated carbocycles. The molecule has 32 heavy (non-hydrogen) atoms. The van der Waals surface area contributed by atoms with Gasteiger partial charge in [0.15, 0.2) is 0 Å². The second-order valence-electron chi connectivity index (χ2n) is 10.1. The zero-order valence-corrected chi connectivity index (χ0v) is 20.2. The predicted molar refractivity (Wildman–Crippen MR) is 126 cm³/mol. The van der Waals surface area contributed by atoms with Crippen LogP contribution in [0.15, 0.2) is 35.9 Å². The van der Waals surface area contributed by atoms with Crippen LogP contribution in [-0.4, -0.2) is 53.0 Å². The lowest BCUT2D eigenvalue weighted by molar-refractivity contribution is -0.140. The van der Waals surface area contributed by atoms with Crippen LogP contribution >= 0.6 is 0 Å². The molecule has 0 fully saturated rings. The van der Waals surface area contributed by atoms with Gasteiger partial charge in [0.1, 0.15) is 12.1 Å². The number of benzene rings is 1. The third-order valence-corrected chi connectivity index (χ3v) is 5.85. The number of carbonyl (C=O) groups excluding carboxylic acids is 2. The first-order chi connectivity index (χ1) is 14.8. The van der Waals surface area contributed by atoms with E-state index >= 15 is 0 Å². The molecule has 3 N–H and O–H groups in total. The molecule has 1 aromatic carbocycles. The quantitative estimate of drug-likeness (QED) is 0.535. The number of fused-ring (bicyclic) bond motifs is 1. The highest BCUT2D eigenvalue weighted by molar-refractivity contribution is 5.93. The minimum atomic E-state index is -0.903. The van der Waals surface area contributed by atoms with Gasteiger partial charge in [-0.15, -0.1) is 0 Å². The van der Waals surface area contributed by atoms with Crippen molar-refractivity contribution in [2.24, 2.45) is 11.3 Å². The Hall–Kier alpha value is -2.83. The van der Waals surface area contributed by atoms with Crippen LogP contribution in [0.2, 0.25) is 0 Å². The molecule has 2 rings (SSSR count). The van der Waals surface area contributed by atoms with Crippen molar-refractivity contribution < 1.29 is 19.5 Å². The maximum Gasteiger partial charge on any atom is 0.307 e. The number of carboxylic acids is 1. The molecule has 1 aromatic rings. The summed E-state index contributed by atoms with van der Waals surface area (Å²) < 4.78 is 0. The topological polar surface area (TPSA) is 98.7 Å². The SMILES string of the molecule is C/C(=C\[C@H](C(C)C)N(C)C(=O)[C@@H](NC(=O)[C@@H]1Cc2ccccc2N1)C(C)(C)C)CC(=O)O. The highest BCUT2D eigenvalue weighted by atomic mass is 16.4. The Bertz CT molecular complexity index is 860. The number of anilines is 1. The van der Waals surface area contributed by atoms with E-state index in [9.17, 15) is 14.4 Å². The fourth-order valence-corrected chi connectivity index (χ4v) is 4.04. The fraction of sp³-hybridized carbons (Fsp3) is 0.560. The molecule has 1 aliphatic heterocycles.